The number of nitrogens with zero attached hydrogens (tertiary/aromatic N) is 1. The fraction of sp³-hybridized carbons (Fsp3) is 0.263. The van der Waals surface area contributed by atoms with E-state index in [1.54, 1.807) is 32.4 Å². The van der Waals surface area contributed by atoms with Crippen molar-refractivity contribution >= 4 is 17.8 Å². The Morgan fingerprint density at radius 2 is 1.92 bits per heavy atom. The average molecular weight is 341 g/mol. The minimum Gasteiger partial charge on any atom is -0.497 e. The molecule has 0 aliphatic carbocycles. The summed E-state index contributed by atoms with van der Waals surface area (Å²) in [5, 5.41) is 7.07. The van der Waals surface area contributed by atoms with Crippen molar-refractivity contribution in [1.29, 1.82) is 0 Å². The number of rotatable bonds is 7. The Labute approximate surface area is 147 Å². The van der Waals surface area contributed by atoms with E-state index in [0.717, 1.165) is 16.8 Å². The van der Waals surface area contributed by atoms with Crippen LogP contribution in [-0.2, 0) is 4.79 Å². The molecule has 2 aromatic rings. The molecule has 0 radical (unpaired) electrons. The van der Waals surface area contributed by atoms with E-state index in [1.165, 1.54) is 11.8 Å². The van der Waals surface area contributed by atoms with Crippen molar-refractivity contribution in [2.75, 3.05) is 26.1 Å². The van der Waals surface area contributed by atoms with Crippen LogP contribution in [0.1, 0.15) is 16.7 Å². The largest absolute Gasteiger partial charge is 0.497 e. The van der Waals surface area contributed by atoms with Crippen LogP contribution in [0.15, 0.2) is 41.5 Å². The molecule has 0 bridgehead atoms. The molecule has 1 amide bonds. The van der Waals surface area contributed by atoms with Crippen molar-refractivity contribution in [3.8, 4) is 11.5 Å². The molecular weight excluding hydrogens is 318 g/mol. The number of anilines is 1. The molecule has 0 fully saturated rings. The smallest absolute Gasteiger partial charge is 0.259 e. The van der Waals surface area contributed by atoms with E-state index in [9.17, 15) is 4.79 Å². The van der Waals surface area contributed by atoms with Crippen molar-refractivity contribution in [3.63, 3.8) is 0 Å². The lowest BCUT2D eigenvalue weighted by Gasteiger charge is -2.09. The number of hydrazone groups is 1. The number of amides is 1. The summed E-state index contributed by atoms with van der Waals surface area (Å²) < 4.78 is 10.4. The second-order valence-corrected chi connectivity index (χ2v) is 5.57. The molecule has 0 aliphatic rings. The fourth-order valence-corrected chi connectivity index (χ4v) is 2.33. The van der Waals surface area contributed by atoms with E-state index < -0.39 is 0 Å². The van der Waals surface area contributed by atoms with E-state index >= 15 is 0 Å². The number of carbonyl (C=O) groups excluding carboxylic acids is 1. The van der Waals surface area contributed by atoms with Crippen molar-refractivity contribution in [2.24, 2.45) is 5.10 Å². The number of nitrogens with one attached hydrogen (secondary N) is 2. The Hall–Kier alpha value is -3.02. The number of aryl methyl sites for hydroxylation is 2. The second-order valence-electron chi connectivity index (χ2n) is 5.57. The number of benzene rings is 2. The van der Waals surface area contributed by atoms with Gasteiger partial charge in [-0.05, 0) is 37.6 Å². The molecule has 2 aromatic carbocycles. The van der Waals surface area contributed by atoms with Gasteiger partial charge < -0.3 is 14.8 Å². The summed E-state index contributed by atoms with van der Waals surface area (Å²) in [4.78, 5) is 11.9. The molecule has 0 heterocycles. The van der Waals surface area contributed by atoms with Crippen molar-refractivity contribution in [1.82, 2.24) is 5.43 Å². The van der Waals surface area contributed by atoms with Gasteiger partial charge in [0.25, 0.3) is 5.91 Å². The van der Waals surface area contributed by atoms with Crippen LogP contribution in [0.3, 0.4) is 0 Å². The molecule has 2 rings (SSSR count). The van der Waals surface area contributed by atoms with Crippen molar-refractivity contribution in [2.45, 2.75) is 13.8 Å². The first-order valence-electron chi connectivity index (χ1n) is 7.88. The Morgan fingerprint density at radius 3 is 2.60 bits per heavy atom. The predicted molar refractivity (Wildman–Crippen MR) is 99.7 cm³/mol. The molecule has 0 unspecified atom stereocenters. The van der Waals surface area contributed by atoms with Crippen LogP contribution in [-0.4, -0.2) is 32.9 Å². The van der Waals surface area contributed by atoms with Crippen LogP contribution in [0.25, 0.3) is 0 Å². The quantitative estimate of drug-likeness (QED) is 0.600. The van der Waals surface area contributed by atoms with Crippen LogP contribution in [0, 0.1) is 13.8 Å². The van der Waals surface area contributed by atoms with Gasteiger partial charge in [-0.2, -0.15) is 5.10 Å². The standard InChI is InChI=1S/C19H23N3O3/c1-13-5-8-17(14(2)9-13)20-12-19(23)22-21-11-15-6-7-16(24-3)10-18(15)25-4/h5-11,20H,12H2,1-4H3,(H,22,23)/b21-11+. The van der Waals surface area contributed by atoms with E-state index in [-0.39, 0.29) is 12.5 Å². The predicted octanol–water partition coefficient (Wildman–Crippen LogP) is 2.88. The third-order valence-electron chi connectivity index (χ3n) is 3.65. The van der Waals surface area contributed by atoms with E-state index in [2.05, 4.69) is 21.9 Å². The maximum Gasteiger partial charge on any atom is 0.259 e. The summed E-state index contributed by atoms with van der Waals surface area (Å²) in [5.41, 5.74) is 6.45. The molecule has 25 heavy (non-hydrogen) atoms. The minimum atomic E-state index is -0.233. The number of hydrogen-bond acceptors (Lipinski definition) is 5. The first-order chi connectivity index (χ1) is 12.0. The van der Waals surface area contributed by atoms with E-state index in [4.69, 9.17) is 9.47 Å². The molecular formula is C19H23N3O3. The number of hydrogen-bond donors (Lipinski definition) is 2. The fourth-order valence-electron chi connectivity index (χ4n) is 2.33. The van der Waals surface area contributed by atoms with Gasteiger partial charge in [0.2, 0.25) is 0 Å². The zero-order chi connectivity index (χ0) is 18.2. The number of methoxy groups -OCH3 is 2. The molecule has 0 aromatic heterocycles. The topological polar surface area (TPSA) is 72.0 Å². The maximum absolute atomic E-state index is 11.9. The number of carbonyl (C=O) groups is 1. The lowest BCUT2D eigenvalue weighted by molar-refractivity contribution is -0.119. The van der Waals surface area contributed by atoms with Crippen LogP contribution in [0.2, 0.25) is 0 Å². The van der Waals surface area contributed by atoms with Gasteiger partial charge >= 0.3 is 0 Å². The summed E-state index contributed by atoms with van der Waals surface area (Å²) in [5.74, 6) is 1.07. The summed E-state index contributed by atoms with van der Waals surface area (Å²) in [7, 11) is 3.16. The molecule has 0 saturated carbocycles. The van der Waals surface area contributed by atoms with Gasteiger partial charge in [0.05, 0.1) is 27.0 Å². The Morgan fingerprint density at radius 1 is 1.12 bits per heavy atom. The minimum absolute atomic E-state index is 0.140. The monoisotopic (exact) mass is 341 g/mol. The molecule has 6 nitrogen and oxygen atoms in total. The maximum atomic E-state index is 11.9. The highest BCUT2D eigenvalue weighted by atomic mass is 16.5. The van der Waals surface area contributed by atoms with Crippen molar-refractivity contribution in [3.05, 3.63) is 53.1 Å². The molecule has 0 aliphatic heterocycles. The van der Waals surface area contributed by atoms with Gasteiger partial charge in [0.1, 0.15) is 11.5 Å². The lowest BCUT2D eigenvalue weighted by Crippen LogP contribution is -2.26. The van der Waals surface area contributed by atoms with Gasteiger partial charge in [0.15, 0.2) is 0 Å². The summed E-state index contributed by atoms with van der Waals surface area (Å²) in [6.45, 7) is 4.17. The molecule has 2 N–H and O–H groups in total. The molecule has 0 spiro atoms. The highest BCUT2D eigenvalue weighted by Gasteiger charge is 2.04. The molecule has 0 atom stereocenters. The highest BCUT2D eigenvalue weighted by Crippen LogP contribution is 2.23. The van der Waals surface area contributed by atoms with Crippen molar-refractivity contribution < 1.29 is 14.3 Å². The number of ether oxygens (including phenoxy) is 2. The van der Waals surface area contributed by atoms with Gasteiger partial charge in [0, 0.05) is 17.3 Å². The Kier molecular flexibility index (Phi) is 6.39. The first kappa shape index (κ1) is 18.3. The zero-order valence-corrected chi connectivity index (χ0v) is 14.9. The molecule has 6 heteroatoms. The highest BCUT2D eigenvalue weighted by molar-refractivity contribution is 5.86. The Bertz CT molecular complexity index is 773. The second kappa shape index (κ2) is 8.73. The third-order valence-corrected chi connectivity index (χ3v) is 3.65. The lowest BCUT2D eigenvalue weighted by atomic mass is 10.1. The Balaban J connectivity index is 1.90. The van der Waals surface area contributed by atoms with Crippen LogP contribution >= 0.6 is 0 Å². The summed E-state index contributed by atoms with van der Waals surface area (Å²) in [6.07, 6.45) is 1.54. The zero-order valence-electron chi connectivity index (χ0n) is 14.9. The van der Waals surface area contributed by atoms with Gasteiger partial charge in [-0.25, -0.2) is 5.43 Å². The normalized spacial score (nSPS) is 10.6. The molecule has 132 valence electrons. The van der Waals surface area contributed by atoms with E-state index in [0.29, 0.717) is 11.5 Å². The average Bonchev–Trinajstić information content (AvgIpc) is 2.61. The van der Waals surface area contributed by atoms with Crippen LogP contribution < -0.4 is 20.2 Å². The van der Waals surface area contributed by atoms with Gasteiger partial charge in [-0.15, -0.1) is 0 Å². The van der Waals surface area contributed by atoms with E-state index in [1.807, 2.05) is 26.0 Å². The molecule has 0 saturated heterocycles. The van der Waals surface area contributed by atoms with Crippen LogP contribution in [0.5, 0.6) is 11.5 Å². The first-order valence-corrected chi connectivity index (χ1v) is 7.88. The van der Waals surface area contributed by atoms with Gasteiger partial charge in [-0.3, -0.25) is 4.79 Å². The van der Waals surface area contributed by atoms with Crippen LogP contribution in [0.4, 0.5) is 5.69 Å². The van der Waals surface area contributed by atoms with Gasteiger partial charge in [-0.1, -0.05) is 17.7 Å². The SMILES string of the molecule is COc1ccc(/C=N/NC(=O)CNc2ccc(C)cc2C)c(OC)c1. The summed E-state index contributed by atoms with van der Waals surface area (Å²) >= 11 is 0. The summed E-state index contributed by atoms with van der Waals surface area (Å²) in [6, 6.07) is 11.4. The third kappa shape index (κ3) is 5.24.